The maximum atomic E-state index is 13.0. The highest BCUT2D eigenvalue weighted by atomic mass is 32.2. The van der Waals surface area contributed by atoms with E-state index < -0.39 is 0 Å². The summed E-state index contributed by atoms with van der Waals surface area (Å²) in [5, 5.41) is 9.08. The molecule has 146 valence electrons. The lowest BCUT2D eigenvalue weighted by Crippen LogP contribution is -2.27. The Morgan fingerprint density at radius 2 is 1.82 bits per heavy atom. The summed E-state index contributed by atoms with van der Waals surface area (Å²) in [6.07, 6.45) is 0. The van der Waals surface area contributed by atoms with Crippen molar-refractivity contribution < 1.29 is 13.9 Å². The standard InChI is InChI=1S/C20H21FN4O2S/c1-24(12-14-4-8-16(21)9-5-14)18(26)13-28-20-23-22-19(25(20)2)15-6-10-17(27-3)11-7-15/h4-11H,12-13H2,1-3H3. The molecule has 8 heteroatoms. The SMILES string of the molecule is COc1ccc(-c2nnc(SCC(=O)N(C)Cc3ccc(F)cc3)n2C)cc1. The van der Waals surface area contributed by atoms with Gasteiger partial charge in [-0.1, -0.05) is 23.9 Å². The Bertz CT molecular complexity index is 942. The topological polar surface area (TPSA) is 60.3 Å². The maximum Gasteiger partial charge on any atom is 0.233 e. The molecule has 0 aliphatic carbocycles. The molecule has 1 heterocycles. The zero-order valence-corrected chi connectivity index (χ0v) is 16.7. The van der Waals surface area contributed by atoms with Crippen LogP contribution in [0.4, 0.5) is 4.39 Å². The van der Waals surface area contributed by atoms with Crippen molar-refractivity contribution in [2.24, 2.45) is 7.05 Å². The molecule has 0 radical (unpaired) electrons. The Kier molecular flexibility index (Phi) is 6.30. The average Bonchev–Trinajstić information content (AvgIpc) is 3.08. The van der Waals surface area contributed by atoms with Crippen LogP contribution in [0.25, 0.3) is 11.4 Å². The van der Waals surface area contributed by atoms with Crippen LogP contribution in [-0.4, -0.2) is 45.5 Å². The number of nitrogens with zero attached hydrogens (tertiary/aromatic N) is 4. The lowest BCUT2D eigenvalue weighted by molar-refractivity contribution is -0.127. The van der Waals surface area contributed by atoms with Gasteiger partial charge in [0.05, 0.1) is 12.9 Å². The second-order valence-electron chi connectivity index (χ2n) is 6.26. The van der Waals surface area contributed by atoms with E-state index in [9.17, 15) is 9.18 Å². The third-order valence-electron chi connectivity index (χ3n) is 4.27. The predicted octanol–water partition coefficient (Wildman–Crippen LogP) is 3.38. The normalized spacial score (nSPS) is 10.7. The number of carbonyl (C=O) groups is 1. The molecule has 0 aliphatic rings. The van der Waals surface area contributed by atoms with E-state index in [4.69, 9.17) is 4.74 Å². The largest absolute Gasteiger partial charge is 0.497 e. The van der Waals surface area contributed by atoms with Crippen LogP contribution in [-0.2, 0) is 18.4 Å². The number of carbonyl (C=O) groups excluding carboxylic acids is 1. The number of halogens is 1. The van der Waals surface area contributed by atoms with E-state index in [0.29, 0.717) is 11.7 Å². The van der Waals surface area contributed by atoms with Crippen molar-refractivity contribution >= 4 is 17.7 Å². The van der Waals surface area contributed by atoms with Crippen LogP contribution in [0.2, 0.25) is 0 Å². The molecule has 0 N–H and O–H groups in total. The van der Waals surface area contributed by atoms with Crippen molar-refractivity contribution in [2.45, 2.75) is 11.7 Å². The van der Waals surface area contributed by atoms with Gasteiger partial charge in [-0.3, -0.25) is 4.79 Å². The number of methoxy groups -OCH3 is 1. The van der Waals surface area contributed by atoms with Gasteiger partial charge in [0.1, 0.15) is 11.6 Å². The third-order valence-corrected chi connectivity index (χ3v) is 5.27. The van der Waals surface area contributed by atoms with Gasteiger partial charge >= 0.3 is 0 Å². The molecule has 3 rings (SSSR count). The lowest BCUT2D eigenvalue weighted by Gasteiger charge is -2.17. The molecule has 0 bridgehead atoms. The Labute approximate surface area is 167 Å². The number of hydrogen-bond acceptors (Lipinski definition) is 5. The molecule has 0 saturated heterocycles. The first kappa shape index (κ1) is 19.9. The fourth-order valence-electron chi connectivity index (χ4n) is 2.62. The zero-order chi connectivity index (χ0) is 20.1. The first-order chi connectivity index (χ1) is 13.5. The molecule has 2 aromatic carbocycles. The van der Waals surface area contributed by atoms with Crippen LogP contribution < -0.4 is 4.74 Å². The molecular weight excluding hydrogens is 379 g/mol. The average molecular weight is 400 g/mol. The Hall–Kier alpha value is -2.87. The molecule has 0 atom stereocenters. The van der Waals surface area contributed by atoms with Crippen molar-refractivity contribution in [3.63, 3.8) is 0 Å². The van der Waals surface area contributed by atoms with Crippen molar-refractivity contribution in [1.29, 1.82) is 0 Å². The summed E-state index contributed by atoms with van der Waals surface area (Å²) in [7, 11) is 5.22. The van der Waals surface area contributed by atoms with Crippen LogP contribution in [0.15, 0.2) is 53.7 Å². The summed E-state index contributed by atoms with van der Waals surface area (Å²) in [6.45, 7) is 0.426. The molecule has 0 aliphatic heterocycles. The molecule has 28 heavy (non-hydrogen) atoms. The molecule has 0 unspecified atom stereocenters. The summed E-state index contributed by atoms with van der Waals surface area (Å²) in [5.41, 5.74) is 1.80. The van der Waals surface area contributed by atoms with Crippen molar-refractivity contribution in [2.75, 3.05) is 19.9 Å². The van der Waals surface area contributed by atoms with E-state index in [1.165, 1.54) is 23.9 Å². The van der Waals surface area contributed by atoms with E-state index in [2.05, 4.69) is 10.2 Å². The number of hydrogen-bond donors (Lipinski definition) is 0. The van der Waals surface area contributed by atoms with E-state index in [1.54, 1.807) is 31.2 Å². The number of benzene rings is 2. The molecule has 0 spiro atoms. The fraction of sp³-hybridized carbons (Fsp3) is 0.250. The zero-order valence-electron chi connectivity index (χ0n) is 15.9. The second-order valence-corrected chi connectivity index (χ2v) is 7.20. The van der Waals surface area contributed by atoms with E-state index in [0.717, 1.165) is 22.7 Å². The summed E-state index contributed by atoms with van der Waals surface area (Å²) < 4.78 is 20.0. The first-order valence-electron chi connectivity index (χ1n) is 8.63. The highest BCUT2D eigenvalue weighted by molar-refractivity contribution is 7.99. The number of ether oxygens (including phenoxy) is 1. The van der Waals surface area contributed by atoms with Gasteiger partial charge in [-0.2, -0.15) is 0 Å². The van der Waals surface area contributed by atoms with Gasteiger partial charge in [0.15, 0.2) is 11.0 Å². The van der Waals surface area contributed by atoms with E-state index in [1.807, 2.05) is 35.9 Å². The minimum absolute atomic E-state index is 0.0386. The third kappa shape index (κ3) is 4.69. The number of aromatic nitrogens is 3. The molecule has 0 saturated carbocycles. The molecule has 0 fully saturated rings. The Morgan fingerprint density at radius 1 is 1.14 bits per heavy atom. The van der Waals surface area contributed by atoms with Gasteiger partial charge in [-0.05, 0) is 42.0 Å². The second kappa shape index (κ2) is 8.88. The van der Waals surface area contributed by atoms with Gasteiger partial charge in [0, 0.05) is 26.2 Å². The summed E-state index contributed by atoms with van der Waals surface area (Å²) in [4.78, 5) is 14.0. The fourth-order valence-corrected chi connectivity index (χ4v) is 3.47. The highest BCUT2D eigenvalue weighted by Gasteiger charge is 2.15. The van der Waals surface area contributed by atoms with E-state index in [-0.39, 0.29) is 17.5 Å². The number of rotatable bonds is 7. The van der Waals surface area contributed by atoms with Crippen LogP contribution in [0.1, 0.15) is 5.56 Å². The molecule has 1 amide bonds. The quantitative estimate of drug-likeness (QED) is 0.569. The number of thioether (sulfide) groups is 1. The minimum atomic E-state index is -0.289. The minimum Gasteiger partial charge on any atom is -0.497 e. The number of amides is 1. The van der Waals surface area contributed by atoms with Crippen LogP contribution in [0.5, 0.6) is 5.75 Å². The van der Waals surface area contributed by atoms with E-state index >= 15 is 0 Å². The van der Waals surface area contributed by atoms with Gasteiger partial charge in [0.25, 0.3) is 0 Å². The smallest absolute Gasteiger partial charge is 0.233 e. The molecule has 1 aromatic heterocycles. The van der Waals surface area contributed by atoms with Crippen molar-refractivity contribution in [1.82, 2.24) is 19.7 Å². The Morgan fingerprint density at radius 3 is 2.46 bits per heavy atom. The predicted molar refractivity (Wildman–Crippen MR) is 107 cm³/mol. The summed E-state index contributed by atoms with van der Waals surface area (Å²) >= 11 is 1.33. The molecule has 3 aromatic rings. The first-order valence-corrected chi connectivity index (χ1v) is 9.61. The Balaban J connectivity index is 1.60. The van der Waals surface area contributed by atoms with Gasteiger partial charge in [-0.15, -0.1) is 10.2 Å². The van der Waals surface area contributed by atoms with Gasteiger partial charge in [-0.25, -0.2) is 4.39 Å². The van der Waals surface area contributed by atoms with Crippen molar-refractivity contribution in [3.05, 3.63) is 59.9 Å². The van der Waals surface area contributed by atoms with Crippen LogP contribution in [0, 0.1) is 5.82 Å². The maximum absolute atomic E-state index is 13.0. The molecular formula is C20H21FN4O2S. The van der Waals surface area contributed by atoms with Crippen molar-refractivity contribution in [3.8, 4) is 17.1 Å². The lowest BCUT2D eigenvalue weighted by atomic mass is 10.2. The van der Waals surface area contributed by atoms with Gasteiger partial charge in [0.2, 0.25) is 5.91 Å². The molecule has 6 nitrogen and oxygen atoms in total. The highest BCUT2D eigenvalue weighted by Crippen LogP contribution is 2.24. The summed E-state index contributed by atoms with van der Waals surface area (Å²) in [6, 6.07) is 13.7. The van der Waals surface area contributed by atoms with Crippen LogP contribution >= 0.6 is 11.8 Å². The monoisotopic (exact) mass is 400 g/mol. The van der Waals surface area contributed by atoms with Crippen LogP contribution in [0.3, 0.4) is 0 Å². The van der Waals surface area contributed by atoms with Gasteiger partial charge < -0.3 is 14.2 Å². The summed E-state index contributed by atoms with van der Waals surface area (Å²) in [5.74, 6) is 1.41.